The van der Waals surface area contributed by atoms with Crippen molar-refractivity contribution in [2.24, 2.45) is 0 Å². The van der Waals surface area contributed by atoms with Crippen molar-refractivity contribution in [2.45, 2.75) is 13.3 Å². The second-order valence-electron chi connectivity index (χ2n) is 7.01. The number of nitrogens with one attached hydrogen (secondary N) is 2. The Hall–Kier alpha value is -4.06. The molecule has 0 aliphatic carbocycles. The Labute approximate surface area is 180 Å². The summed E-state index contributed by atoms with van der Waals surface area (Å²) in [6.45, 7) is 2.09. The van der Waals surface area contributed by atoms with E-state index in [4.69, 9.17) is 0 Å². The first-order valence-electron chi connectivity index (χ1n) is 9.96. The number of carbonyl (C=O) groups is 1. The fraction of sp³-hybridized carbons (Fsp3) is 0.0800. The smallest absolute Gasteiger partial charge is 0.255 e. The number of carbonyl (C=O) groups excluding carboxylic acids is 1. The number of hydrogen-bond acceptors (Lipinski definition) is 4. The zero-order valence-electron chi connectivity index (χ0n) is 17.0. The van der Waals surface area contributed by atoms with Crippen molar-refractivity contribution >= 4 is 23.1 Å². The van der Waals surface area contributed by atoms with E-state index in [9.17, 15) is 9.18 Å². The summed E-state index contributed by atoms with van der Waals surface area (Å²) in [5.74, 6) is 0.0201. The first-order valence-corrected chi connectivity index (χ1v) is 9.96. The molecule has 1 aromatic heterocycles. The SMILES string of the molecule is CCc1ccc(NC(=O)c2cccc(Nc3cc(-c4cccc(F)c4)ncn3)c2)cc1. The zero-order valence-corrected chi connectivity index (χ0v) is 17.0. The van der Waals surface area contributed by atoms with Crippen LogP contribution in [-0.4, -0.2) is 15.9 Å². The number of anilines is 3. The second-order valence-corrected chi connectivity index (χ2v) is 7.01. The number of nitrogens with zero attached hydrogens (tertiary/aromatic N) is 2. The van der Waals surface area contributed by atoms with Crippen LogP contribution in [0.1, 0.15) is 22.8 Å². The highest BCUT2D eigenvalue weighted by Gasteiger charge is 2.08. The highest BCUT2D eigenvalue weighted by Crippen LogP contribution is 2.22. The molecule has 0 atom stereocenters. The topological polar surface area (TPSA) is 66.9 Å². The largest absolute Gasteiger partial charge is 0.340 e. The van der Waals surface area contributed by atoms with E-state index in [1.54, 1.807) is 36.4 Å². The summed E-state index contributed by atoms with van der Waals surface area (Å²) < 4.78 is 13.5. The summed E-state index contributed by atoms with van der Waals surface area (Å²) >= 11 is 0. The molecule has 2 N–H and O–H groups in total. The number of aryl methyl sites for hydroxylation is 1. The van der Waals surface area contributed by atoms with Gasteiger partial charge in [0.25, 0.3) is 5.91 Å². The monoisotopic (exact) mass is 412 g/mol. The minimum absolute atomic E-state index is 0.198. The molecule has 0 spiro atoms. The van der Waals surface area contributed by atoms with E-state index < -0.39 is 0 Å². The number of hydrogen-bond donors (Lipinski definition) is 2. The minimum Gasteiger partial charge on any atom is -0.340 e. The van der Waals surface area contributed by atoms with Crippen LogP contribution < -0.4 is 10.6 Å². The maximum atomic E-state index is 13.5. The van der Waals surface area contributed by atoms with Crippen molar-refractivity contribution in [3.05, 3.63) is 102 Å². The Balaban J connectivity index is 1.49. The molecule has 154 valence electrons. The molecule has 0 saturated carbocycles. The van der Waals surface area contributed by atoms with Gasteiger partial charge >= 0.3 is 0 Å². The molecular formula is C25H21FN4O. The number of rotatable bonds is 6. The molecule has 1 amide bonds. The van der Waals surface area contributed by atoms with E-state index in [0.29, 0.717) is 28.3 Å². The van der Waals surface area contributed by atoms with Crippen LogP contribution in [0.25, 0.3) is 11.3 Å². The third-order valence-corrected chi connectivity index (χ3v) is 4.80. The van der Waals surface area contributed by atoms with Gasteiger partial charge in [-0.25, -0.2) is 14.4 Å². The van der Waals surface area contributed by atoms with Gasteiger partial charge in [-0.1, -0.05) is 37.3 Å². The first kappa shape index (κ1) is 20.2. The molecule has 0 aliphatic rings. The summed E-state index contributed by atoms with van der Waals surface area (Å²) in [4.78, 5) is 21.1. The molecule has 0 unspecified atom stereocenters. The molecule has 0 aliphatic heterocycles. The number of amides is 1. The zero-order chi connectivity index (χ0) is 21.6. The van der Waals surface area contributed by atoms with E-state index in [1.807, 2.05) is 30.3 Å². The predicted molar refractivity (Wildman–Crippen MR) is 121 cm³/mol. The molecule has 4 aromatic rings. The molecule has 6 heteroatoms. The van der Waals surface area contributed by atoms with Crippen LogP contribution in [0.15, 0.2) is 85.2 Å². The maximum absolute atomic E-state index is 13.5. The van der Waals surface area contributed by atoms with Gasteiger partial charge in [0.05, 0.1) is 5.69 Å². The standard InChI is InChI=1S/C25H21FN4O/c1-2-17-9-11-21(12-10-17)30-25(31)19-6-4-8-22(14-19)29-24-15-23(27-16-28-24)18-5-3-7-20(26)13-18/h3-16H,2H2,1H3,(H,30,31)(H,27,28,29). The van der Waals surface area contributed by atoms with E-state index in [0.717, 1.165) is 12.1 Å². The highest BCUT2D eigenvalue weighted by molar-refractivity contribution is 6.04. The van der Waals surface area contributed by atoms with Gasteiger partial charge in [0.2, 0.25) is 0 Å². The van der Waals surface area contributed by atoms with Gasteiger partial charge in [0.15, 0.2) is 0 Å². The van der Waals surface area contributed by atoms with Gasteiger partial charge in [-0.2, -0.15) is 0 Å². The quantitative estimate of drug-likeness (QED) is 0.417. The van der Waals surface area contributed by atoms with Gasteiger partial charge in [-0.15, -0.1) is 0 Å². The molecule has 0 radical (unpaired) electrons. The Morgan fingerprint density at radius 3 is 2.48 bits per heavy atom. The van der Waals surface area contributed by atoms with Crippen LogP contribution in [0.3, 0.4) is 0 Å². The third kappa shape index (κ3) is 5.11. The average Bonchev–Trinajstić information content (AvgIpc) is 2.80. The molecule has 0 saturated heterocycles. The molecule has 4 rings (SSSR count). The molecule has 1 heterocycles. The number of benzene rings is 3. The summed E-state index contributed by atoms with van der Waals surface area (Å²) in [7, 11) is 0. The number of aromatic nitrogens is 2. The van der Waals surface area contributed by atoms with Gasteiger partial charge in [0.1, 0.15) is 18.0 Å². The molecule has 5 nitrogen and oxygen atoms in total. The Kier molecular flexibility index (Phi) is 5.98. The lowest BCUT2D eigenvalue weighted by molar-refractivity contribution is 0.102. The van der Waals surface area contributed by atoms with Crippen molar-refractivity contribution in [3.63, 3.8) is 0 Å². The van der Waals surface area contributed by atoms with Crippen molar-refractivity contribution in [1.82, 2.24) is 9.97 Å². The van der Waals surface area contributed by atoms with Gasteiger partial charge in [-0.3, -0.25) is 4.79 Å². The van der Waals surface area contributed by atoms with E-state index in [1.165, 1.54) is 24.0 Å². The van der Waals surface area contributed by atoms with Crippen LogP contribution in [0.5, 0.6) is 0 Å². The third-order valence-electron chi connectivity index (χ3n) is 4.80. The van der Waals surface area contributed by atoms with Crippen LogP contribution >= 0.6 is 0 Å². The van der Waals surface area contributed by atoms with Crippen molar-refractivity contribution in [1.29, 1.82) is 0 Å². The fourth-order valence-electron chi connectivity index (χ4n) is 3.14. The van der Waals surface area contributed by atoms with Crippen molar-refractivity contribution in [2.75, 3.05) is 10.6 Å². The molecule has 0 fully saturated rings. The van der Waals surface area contributed by atoms with E-state index in [-0.39, 0.29) is 11.7 Å². The lowest BCUT2D eigenvalue weighted by atomic mass is 10.1. The normalized spacial score (nSPS) is 10.5. The van der Waals surface area contributed by atoms with E-state index in [2.05, 4.69) is 27.5 Å². The van der Waals surface area contributed by atoms with Gasteiger partial charge in [0, 0.05) is 28.6 Å². The van der Waals surface area contributed by atoms with Crippen molar-refractivity contribution in [3.8, 4) is 11.3 Å². The van der Waals surface area contributed by atoms with Gasteiger partial charge in [-0.05, 0) is 54.4 Å². The minimum atomic E-state index is -0.325. The maximum Gasteiger partial charge on any atom is 0.255 e. The molecular weight excluding hydrogens is 391 g/mol. The summed E-state index contributed by atoms with van der Waals surface area (Å²) in [5, 5.41) is 6.09. The number of halogens is 1. The average molecular weight is 412 g/mol. The summed E-state index contributed by atoms with van der Waals surface area (Å²) in [6, 6.07) is 22.9. The Morgan fingerprint density at radius 2 is 1.71 bits per heavy atom. The van der Waals surface area contributed by atoms with Crippen molar-refractivity contribution < 1.29 is 9.18 Å². The lowest BCUT2D eigenvalue weighted by Crippen LogP contribution is -2.12. The van der Waals surface area contributed by atoms with Crippen LogP contribution in [0.4, 0.5) is 21.6 Å². The molecule has 0 bridgehead atoms. The summed E-state index contributed by atoms with van der Waals surface area (Å²) in [6.07, 6.45) is 2.37. The molecule has 31 heavy (non-hydrogen) atoms. The second kappa shape index (κ2) is 9.17. The predicted octanol–water partition coefficient (Wildman–Crippen LogP) is 5.84. The first-order chi connectivity index (χ1) is 15.1. The van der Waals surface area contributed by atoms with Crippen LogP contribution in [0, 0.1) is 5.82 Å². The molecule has 3 aromatic carbocycles. The van der Waals surface area contributed by atoms with Gasteiger partial charge < -0.3 is 10.6 Å². The lowest BCUT2D eigenvalue weighted by Gasteiger charge is -2.10. The van der Waals surface area contributed by atoms with E-state index >= 15 is 0 Å². The fourth-order valence-corrected chi connectivity index (χ4v) is 3.14. The van der Waals surface area contributed by atoms with Crippen LogP contribution in [-0.2, 0) is 6.42 Å². The Morgan fingerprint density at radius 1 is 0.903 bits per heavy atom. The summed E-state index contributed by atoms with van der Waals surface area (Å²) in [5.41, 5.74) is 4.44. The van der Waals surface area contributed by atoms with Crippen LogP contribution in [0.2, 0.25) is 0 Å². The highest BCUT2D eigenvalue weighted by atomic mass is 19.1. The Bertz CT molecular complexity index is 1210.